The van der Waals surface area contributed by atoms with Crippen molar-refractivity contribution in [3.63, 3.8) is 0 Å². The van der Waals surface area contributed by atoms with Crippen LogP contribution in [0.5, 0.6) is 5.75 Å². The summed E-state index contributed by atoms with van der Waals surface area (Å²) in [6.45, 7) is 5.53. The average Bonchev–Trinajstić information content (AvgIpc) is 2.67. The summed E-state index contributed by atoms with van der Waals surface area (Å²) < 4.78 is 6.52. The fraction of sp³-hybridized carbons (Fsp3) is 0.538. The van der Waals surface area contributed by atoms with Gasteiger partial charge >= 0.3 is 0 Å². The number of ether oxygens (including phenoxy) is 1. The standard InChI is InChI=1S/C13H18BrNO/c1-4-13(5-2)8-15-12-10(13)6-9(14)7-11(12)16-3/h6-7,15H,4-5,8H2,1-3H3. The molecule has 0 fully saturated rings. The maximum absolute atomic E-state index is 5.43. The largest absolute Gasteiger partial charge is 0.495 e. The minimum absolute atomic E-state index is 0.270. The molecule has 3 heteroatoms. The van der Waals surface area contributed by atoms with E-state index >= 15 is 0 Å². The molecular formula is C13H18BrNO. The molecule has 1 N–H and O–H groups in total. The van der Waals surface area contributed by atoms with E-state index in [2.05, 4.69) is 41.2 Å². The summed E-state index contributed by atoms with van der Waals surface area (Å²) in [6.07, 6.45) is 2.31. The van der Waals surface area contributed by atoms with Crippen LogP contribution in [0.25, 0.3) is 0 Å². The molecule has 0 unspecified atom stereocenters. The smallest absolute Gasteiger partial charge is 0.143 e. The lowest BCUT2D eigenvalue weighted by molar-refractivity contribution is 0.415. The number of rotatable bonds is 3. The highest BCUT2D eigenvalue weighted by molar-refractivity contribution is 9.10. The Hall–Kier alpha value is -0.700. The zero-order chi connectivity index (χ0) is 11.8. The van der Waals surface area contributed by atoms with Gasteiger partial charge in [0, 0.05) is 16.4 Å². The van der Waals surface area contributed by atoms with Crippen LogP contribution in [-0.2, 0) is 5.41 Å². The van der Waals surface area contributed by atoms with Gasteiger partial charge in [0.15, 0.2) is 0 Å². The molecule has 0 aromatic heterocycles. The maximum Gasteiger partial charge on any atom is 0.143 e. The number of fused-ring (bicyclic) bond motifs is 1. The molecule has 1 aromatic rings. The SMILES string of the molecule is CCC1(CC)CNc2c(OC)cc(Br)cc21. The van der Waals surface area contributed by atoms with Gasteiger partial charge in [0.25, 0.3) is 0 Å². The highest BCUT2D eigenvalue weighted by atomic mass is 79.9. The minimum atomic E-state index is 0.270. The van der Waals surface area contributed by atoms with E-state index in [1.807, 2.05) is 6.07 Å². The number of anilines is 1. The average molecular weight is 284 g/mol. The van der Waals surface area contributed by atoms with Gasteiger partial charge in [0.2, 0.25) is 0 Å². The zero-order valence-corrected chi connectivity index (χ0v) is 11.6. The second-order valence-electron chi connectivity index (χ2n) is 4.37. The van der Waals surface area contributed by atoms with Crippen LogP contribution in [0, 0.1) is 0 Å². The molecule has 0 bridgehead atoms. The topological polar surface area (TPSA) is 21.3 Å². The van der Waals surface area contributed by atoms with E-state index in [1.165, 1.54) is 11.3 Å². The van der Waals surface area contributed by atoms with Crippen LogP contribution >= 0.6 is 15.9 Å². The van der Waals surface area contributed by atoms with Gasteiger partial charge in [-0.3, -0.25) is 0 Å². The molecule has 0 spiro atoms. The van der Waals surface area contributed by atoms with Crippen LogP contribution in [0.4, 0.5) is 5.69 Å². The molecule has 0 radical (unpaired) electrons. The number of nitrogens with one attached hydrogen (secondary N) is 1. The normalized spacial score (nSPS) is 16.8. The third-order valence-corrected chi connectivity index (χ3v) is 4.27. The lowest BCUT2D eigenvalue weighted by atomic mass is 9.77. The van der Waals surface area contributed by atoms with Crippen LogP contribution in [0.15, 0.2) is 16.6 Å². The predicted molar refractivity (Wildman–Crippen MR) is 71.4 cm³/mol. The van der Waals surface area contributed by atoms with Gasteiger partial charge in [-0.05, 0) is 30.5 Å². The molecule has 0 saturated carbocycles. The first-order valence-electron chi connectivity index (χ1n) is 5.78. The minimum Gasteiger partial charge on any atom is -0.495 e. The zero-order valence-electron chi connectivity index (χ0n) is 10.1. The lowest BCUT2D eigenvalue weighted by Gasteiger charge is -2.26. The first-order valence-corrected chi connectivity index (χ1v) is 6.58. The van der Waals surface area contributed by atoms with Gasteiger partial charge in [0.1, 0.15) is 5.75 Å². The Bertz CT molecular complexity index is 399. The summed E-state index contributed by atoms with van der Waals surface area (Å²) >= 11 is 3.56. The third-order valence-electron chi connectivity index (χ3n) is 3.82. The summed E-state index contributed by atoms with van der Waals surface area (Å²) in [6, 6.07) is 4.25. The van der Waals surface area contributed by atoms with Crippen molar-refractivity contribution in [2.24, 2.45) is 0 Å². The van der Waals surface area contributed by atoms with Crippen molar-refractivity contribution < 1.29 is 4.74 Å². The highest BCUT2D eigenvalue weighted by Crippen LogP contribution is 2.47. The summed E-state index contributed by atoms with van der Waals surface area (Å²) in [4.78, 5) is 0. The molecular weight excluding hydrogens is 266 g/mol. The summed E-state index contributed by atoms with van der Waals surface area (Å²) in [5.41, 5.74) is 2.84. The van der Waals surface area contributed by atoms with Crippen molar-refractivity contribution in [1.29, 1.82) is 0 Å². The van der Waals surface area contributed by atoms with E-state index in [-0.39, 0.29) is 5.41 Å². The molecule has 16 heavy (non-hydrogen) atoms. The Morgan fingerprint density at radius 2 is 2.06 bits per heavy atom. The van der Waals surface area contributed by atoms with E-state index in [9.17, 15) is 0 Å². The quantitative estimate of drug-likeness (QED) is 0.907. The summed E-state index contributed by atoms with van der Waals surface area (Å²) in [5, 5.41) is 3.49. The molecule has 0 aliphatic carbocycles. The van der Waals surface area contributed by atoms with Crippen molar-refractivity contribution in [2.75, 3.05) is 19.0 Å². The first kappa shape index (κ1) is 11.8. The lowest BCUT2D eigenvalue weighted by Crippen LogP contribution is -2.26. The second kappa shape index (κ2) is 4.28. The Labute approximate surface area is 106 Å². The molecule has 1 heterocycles. The molecule has 1 aliphatic rings. The number of methoxy groups -OCH3 is 1. The van der Waals surface area contributed by atoms with Crippen LogP contribution in [-0.4, -0.2) is 13.7 Å². The maximum atomic E-state index is 5.43. The van der Waals surface area contributed by atoms with E-state index in [0.717, 1.165) is 29.6 Å². The fourth-order valence-electron chi connectivity index (χ4n) is 2.58. The predicted octanol–water partition coefficient (Wildman–Crippen LogP) is 3.94. The second-order valence-corrected chi connectivity index (χ2v) is 5.29. The van der Waals surface area contributed by atoms with Gasteiger partial charge < -0.3 is 10.1 Å². The molecule has 1 aromatic carbocycles. The van der Waals surface area contributed by atoms with Crippen molar-refractivity contribution >= 4 is 21.6 Å². The first-order chi connectivity index (χ1) is 7.66. The van der Waals surface area contributed by atoms with Crippen molar-refractivity contribution in [2.45, 2.75) is 32.1 Å². The van der Waals surface area contributed by atoms with Gasteiger partial charge in [-0.2, -0.15) is 0 Å². The number of hydrogen-bond acceptors (Lipinski definition) is 2. The van der Waals surface area contributed by atoms with Crippen molar-refractivity contribution in [3.8, 4) is 5.75 Å². The van der Waals surface area contributed by atoms with Gasteiger partial charge in [-0.1, -0.05) is 29.8 Å². The van der Waals surface area contributed by atoms with Gasteiger partial charge in [-0.15, -0.1) is 0 Å². The molecule has 88 valence electrons. The molecule has 0 atom stereocenters. The van der Waals surface area contributed by atoms with Crippen LogP contribution in [0.1, 0.15) is 32.3 Å². The van der Waals surface area contributed by atoms with Crippen LogP contribution in [0.2, 0.25) is 0 Å². The van der Waals surface area contributed by atoms with E-state index < -0.39 is 0 Å². The Balaban J connectivity index is 2.58. The van der Waals surface area contributed by atoms with E-state index in [1.54, 1.807) is 7.11 Å². The van der Waals surface area contributed by atoms with Crippen molar-refractivity contribution in [3.05, 3.63) is 22.2 Å². The number of hydrogen-bond donors (Lipinski definition) is 1. The third kappa shape index (κ3) is 1.61. The van der Waals surface area contributed by atoms with Gasteiger partial charge in [-0.25, -0.2) is 0 Å². The molecule has 0 saturated heterocycles. The number of benzene rings is 1. The Morgan fingerprint density at radius 1 is 1.38 bits per heavy atom. The Kier molecular flexibility index (Phi) is 3.15. The molecule has 1 aliphatic heterocycles. The summed E-state index contributed by atoms with van der Waals surface area (Å²) in [5.74, 6) is 0.938. The van der Waals surface area contributed by atoms with E-state index in [4.69, 9.17) is 4.74 Å². The van der Waals surface area contributed by atoms with Gasteiger partial charge in [0.05, 0.1) is 12.8 Å². The monoisotopic (exact) mass is 283 g/mol. The van der Waals surface area contributed by atoms with Crippen molar-refractivity contribution in [1.82, 2.24) is 0 Å². The molecule has 2 rings (SSSR count). The fourth-order valence-corrected chi connectivity index (χ4v) is 3.01. The highest BCUT2D eigenvalue weighted by Gasteiger charge is 2.37. The van der Waals surface area contributed by atoms with Crippen LogP contribution < -0.4 is 10.1 Å². The number of halogens is 1. The summed E-state index contributed by atoms with van der Waals surface area (Å²) in [7, 11) is 1.72. The van der Waals surface area contributed by atoms with E-state index in [0.29, 0.717) is 0 Å². The Morgan fingerprint density at radius 3 is 2.62 bits per heavy atom. The molecule has 2 nitrogen and oxygen atoms in total. The molecule has 0 amide bonds. The van der Waals surface area contributed by atoms with Crippen LogP contribution in [0.3, 0.4) is 0 Å².